The summed E-state index contributed by atoms with van der Waals surface area (Å²) in [7, 11) is 0. The van der Waals surface area contributed by atoms with Crippen LogP contribution in [0.3, 0.4) is 0 Å². The Morgan fingerprint density at radius 2 is 1.97 bits per heavy atom. The second-order valence-corrected chi connectivity index (χ2v) is 8.37. The number of halogens is 1. The molecule has 160 valence electrons. The van der Waals surface area contributed by atoms with E-state index >= 15 is 0 Å². The molecule has 0 bridgehead atoms. The number of hydrogen-bond donors (Lipinski definition) is 2. The molecule has 5 rings (SSSR count). The van der Waals surface area contributed by atoms with E-state index in [4.69, 9.17) is 21.7 Å². The molecule has 4 aromatic rings. The van der Waals surface area contributed by atoms with E-state index in [1.54, 1.807) is 10.6 Å². The van der Waals surface area contributed by atoms with Gasteiger partial charge in [-0.1, -0.05) is 23.7 Å². The number of pyridine rings is 1. The van der Waals surface area contributed by atoms with Crippen LogP contribution in [0.4, 0.5) is 5.82 Å². The lowest BCUT2D eigenvalue weighted by Gasteiger charge is -2.24. The summed E-state index contributed by atoms with van der Waals surface area (Å²) in [5.74, 6) is 0.819. The number of aromatic nitrogens is 4. The van der Waals surface area contributed by atoms with Gasteiger partial charge in [0.05, 0.1) is 17.2 Å². The minimum absolute atomic E-state index is 0.391. The number of anilines is 1. The van der Waals surface area contributed by atoms with Crippen LogP contribution in [0.5, 0.6) is 0 Å². The highest BCUT2D eigenvalue weighted by atomic mass is 35.5. The Balaban J connectivity index is 1.69. The van der Waals surface area contributed by atoms with Crippen molar-refractivity contribution in [2.45, 2.75) is 25.8 Å². The fraction of sp³-hybridized carbons (Fsp3) is 0.250. The van der Waals surface area contributed by atoms with Crippen molar-refractivity contribution >= 4 is 23.1 Å². The van der Waals surface area contributed by atoms with Crippen LogP contribution in [-0.2, 0) is 0 Å². The number of fused-ring (bicyclic) bond motifs is 1. The van der Waals surface area contributed by atoms with Gasteiger partial charge in [0, 0.05) is 23.5 Å². The average molecular weight is 444 g/mol. The average Bonchev–Trinajstić information content (AvgIpc) is 3.18. The lowest BCUT2D eigenvalue weighted by Crippen LogP contribution is -2.35. The van der Waals surface area contributed by atoms with E-state index in [9.17, 15) is 5.26 Å². The summed E-state index contributed by atoms with van der Waals surface area (Å²) < 4.78 is 1.78. The van der Waals surface area contributed by atoms with Crippen molar-refractivity contribution in [3.05, 3.63) is 65.1 Å². The Bertz CT molecular complexity index is 1310. The predicted octanol–water partition coefficient (Wildman–Crippen LogP) is 4.46. The molecular weight excluding hydrogens is 422 g/mol. The van der Waals surface area contributed by atoms with Gasteiger partial charge in [-0.05, 0) is 68.8 Å². The van der Waals surface area contributed by atoms with E-state index in [2.05, 4.69) is 21.7 Å². The molecule has 1 aliphatic rings. The Labute approximate surface area is 191 Å². The van der Waals surface area contributed by atoms with Crippen LogP contribution in [0, 0.1) is 18.3 Å². The van der Waals surface area contributed by atoms with E-state index in [1.165, 1.54) is 0 Å². The van der Waals surface area contributed by atoms with Crippen LogP contribution in [0.15, 0.2) is 48.7 Å². The maximum absolute atomic E-state index is 9.37. The van der Waals surface area contributed by atoms with Gasteiger partial charge in [-0.3, -0.25) is 0 Å². The summed E-state index contributed by atoms with van der Waals surface area (Å²) in [4.78, 5) is 9.24. The van der Waals surface area contributed by atoms with Gasteiger partial charge in [0.15, 0.2) is 5.65 Å². The van der Waals surface area contributed by atoms with Gasteiger partial charge in [-0.2, -0.15) is 10.4 Å². The normalized spacial score (nSPS) is 14.4. The Morgan fingerprint density at radius 3 is 2.75 bits per heavy atom. The van der Waals surface area contributed by atoms with Gasteiger partial charge < -0.3 is 10.6 Å². The first kappa shape index (κ1) is 20.4. The Hall–Kier alpha value is -3.47. The molecule has 0 spiro atoms. The molecule has 0 unspecified atom stereocenters. The molecule has 1 saturated heterocycles. The minimum Gasteiger partial charge on any atom is -0.367 e. The zero-order chi connectivity index (χ0) is 22.1. The van der Waals surface area contributed by atoms with Crippen molar-refractivity contribution in [3.63, 3.8) is 0 Å². The molecule has 1 aliphatic heterocycles. The lowest BCUT2D eigenvalue weighted by molar-refractivity contribution is 0.478. The quantitative estimate of drug-likeness (QED) is 0.452. The molecule has 1 fully saturated rings. The van der Waals surface area contributed by atoms with Gasteiger partial charge in [0.2, 0.25) is 0 Å². The Morgan fingerprint density at radius 1 is 1.12 bits per heavy atom. The molecule has 2 N–H and O–H groups in total. The fourth-order valence-corrected chi connectivity index (χ4v) is 4.41. The van der Waals surface area contributed by atoms with Crippen LogP contribution < -0.4 is 10.6 Å². The molecule has 1 aromatic carbocycles. The lowest BCUT2D eigenvalue weighted by atomic mass is 10.00. The number of nitriles is 1. The molecule has 3 aromatic heterocycles. The predicted molar refractivity (Wildman–Crippen MR) is 126 cm³/mol. The zero-order valence-corrected chi connectivity index (χ0v) is 18.4. The van der Waals surface area contributed by atoms with E-state index in [0.717, 1.165) is 65.5 Å². The first-order valence-corrected chi connectivity index (χ1v) is 11.0. The summed E-state index contributed by atoms with van der Waals surface area (Å²) in [6, 6.07) is 15.8. The van der Waals surface area contributed by atoms with Crippen LogP contribution in [0.1, 0.15) is 24.1 Å². The van der Waals surface area contributed by atoms with Gasteiger partial charge >= 0.3 is 0 Å². The topological polar surface area (TPSA) is 90.9 Å². The SMILES string of the molecule is Cc1cc(-c2c(-c3cccc(C#N)c3)nn3ccc(NC4CCNCC4)nc23)cc(Cl)n1. The van der Waals surface area contributed by atoms with Crippen molar-refractivity contribution in [2.75, 3.05) is 18.4 Å². The number of piperidine rings is 1. The van der Waals surface area contributed by atoms with Crippen molar-refractivity contribution < 1.29 is 0 Å². The molecule has 0 atom stereocenters. The molecule has 0 aliphatic carbocycles. The van der Waals surface area contributed by atoms with Crippen LogP contribution in [-0.4, -0.2) is 38.7 Å². The molecule has 0 saturated carbocycles. The Kier molecular flexibility index (Phi) is 5.48. The second kappa shape index (κ2) is 8.58. The third-order valence-corrected chi connectivity index (χ3v) is 5.85. The maximum atomic E-state index is 9.37. The minimum atomic E-state index is 0.391. The van der Waals surface area contributed by atoms with E-state index in [0.29, 0.717) is 16.8 Å². The molecule has 4 heterocycles. The zero-order valence-electron chi connectivity index (χ0n) is 17.6. The molecule has 7 nitrogen and oxygen atoms in total. The smallest absolute Gasteiger partial charge is 0.165 e. The van der Waals surface area contributed by atoms with Crippen molar-refractivity contribution in [1.29, 1.82) is 5.26 Å². The van der Waals surface area contributed by atoms with Crippen molar-refractivity contribution in [1.82, 2.24) is 24.9 Å². The monoisotopic (exact) mass is 443 g/mol. The fourth-order valence-electron chi connectivity index (χ4n) is 4.16. The molecule has 8 heteroatoms. The molecule has 0 radical (unpaired) electrons. The first-order chi connectivity index (χ1) is 15.6. The summed E-state index contributed by atoms with van der Waals surface area (Å²) in [6.07, 6.45) is 4.04. The molecule has 0 amide bonds. The summed E-state index contributed by atoms with van der Waals surface area (Å²) >= 11 is 6.30. The number of hydrogen-bond acceptors (Lipinski definition) is 6. The highest BCUT2D eigenvalue weighted by molar-refractivity contribution is 6.29. The van der Waals surface area contributed by atoms with Crippen molar-refractivity contribution in [3.8, 4) is 28.5 Å². The number of rotatable bonds is 4. The van der Waals surface area contributed by atoms with Gasteiger partial charge in [-0.15, -0.1) is 0 Å². The third-order valence-electron chi connectivity index (χ3n) is 5.65. The first-order valence-electron chi connectivity index (χ1n) is 10.6. The number of nitrogens with zero attached hydrogens (tertiary/aromatic N) is 5. The molecule has 32 heavy (non-hydrogen) atoms. The van der Waals surface area contributed by atoms with Crippen LogP contribution >= 0.6 is 11.6 Å². The van der Waals surface area contributed by atoms with Crippen LogP contribution in [0.2, 0.25) is 5.15 Å². The van der Waals surface area contributed by atoms with E-state index in [-0.39, 0.29) is 0 Å². The van der Waals surface area contributed by atoms with Crippen LogP contribution in [0.25, 0.3) is 28.0 Å². The summed E-state index contributed by atoms with van der Waals surface area (Å²) in [6.45, 7) is 3.92. The van der Waals surface area contributed by atoms with Gasteiger partial charge in [-0.25, -0.2) is 14.5 Å². The maximum Gasteiger partial charge on any atom is 0.165 e. The second-order valence-electron chi connectivity index (χ2n) is 7.99. The summed E-state index contributed by atoms with van der Waals surface area (Å²) in [5, 5.41) is 21.6. The number of benzene rings is 1. The van der Waals surface area contributed by atoms with Gasteiger partial charge in [0.25, 0.3) is 0 Å². The van der Waals surface area contributed by atoms with E-state index in [1.807, 2.05) is 49.5 Å². The van der Waals surface area contributed by atoms with Crippen molar-refractivity contribution in [2.24, 2.45) is 0 Å². The summed E-state index contributed by atoms with van der Waals surface area (Å²) in [5.41, 5.74) is 5.47. The van der Waals surface area contributed by atoms with Gasteiger partial charge in [0.1, 0.15) is 16.7 Å². The van der Waals surface area contributed by atoms with E-state index < -0.39 is 0 Å². The number of aryl methyl sites for hydroxylation is 1. The third kappa shape index (κ3) is 4.03. The number of nitrogens with one attached hydrogen (secondary N) is 2. The largest absolute Gasteiger partial charge is 0.367 e. The standard InChI is InChI=1S/C24H22ClN7/c1-15-11-18(13-20(25)28-15)22-23(17-4-2-3-16(12-17)14-26)31-32-10-7-21(30-24(22)32)29-19-5-8-27-9-6-19/h2-4,7,10-13,19,27H,5-6,8-9H2,1H3,(H,29,30). The highest BCUT2D eigenvalue weighted by Gasteiger charge is 2.20. The highest BCUT2D eigenvalue weighted by Crippen LogP contribution is 2.36. The molecular formula is C24H22ClN7.